The van der Waals surface area contributed by atoms with E-state index in [2.05, 4.69) is 24.3 Å². The second-order valence-electron chi connectivity index (χ2n) is 10.7. The Balaban J connectivity index is 1.41. The quantitative estimate of drug-likeness (QED) is 0.177. The summed E-state index contributed by atoms with van der Waals surface area (Å²) in [5, 5.41) is 2.40. The summed E-state index contributed by atoms with van der Waals surface area (Å²) in [5.41, 5.74) is 4.53. The molecule has 1 saturated heterocycles. The van der Waals surface area contributed by atoms with E-state index >= 15 is 0 Å². The fraction of sp³-hybridized carbons (Fsp3) is 0.114. The van der Waals surface area contributed by atoms with Gasteiger partial charge in [-0.3, -0.25) is 14.6 Å². The molecule has 0 unspecified atom stereocenters. The third kappa shape index (κ3) is 2.94. The molecule has 1 aliphatic heterocycles. The van der Waals surface area contributed by atoms with Crippen LogP contribution in [0.1, 0.15) is 28.2 Å². The average Bonchev–Trinajstić information content (AvgIpc) is 3.27. The fourth-order valence-electron chi connectivity index (χ4n) is 7.42. The maximum absolute atomic E-state index is 14.7. The molecule has 1 heterocycles. The van der Waals surface area contributed by atoms with Crippen LogP contribution >= 0.6 is 11.6 Å². The first-order valence-corrected chi connectivity index (χ1v) is 13.8. The highest BCUT2D eigenvalue weighted by atomic mass is 35.5. The summed E-state index contributed by atoms with van der Waals surface area (Å²) in [6.07, 6.45) is 1.89. The number of hydrogen-bond donors (Lipinski definition) is 0. The number of carbonyl (C=O) groups excluding carboxylic acids is 2. The van der Waals surface area contributed by atoms with Crippen molar-refractivity contribution in [2.45, 2.75) is 11.3 Å². The number of rotatable bonds is 3. The number of aliphatic imine (C=N–C) groups is 1. The molecule has 2 amide bonds. The predicted molar refractivity (Wildman–Crippen MR) is 159 cm³/mol. The Bertz CT molecular complexity index is 1860. The van der Waals surface area contributed by atoms with Gasteiger partial charge in [0.15, 0.2) is 0 Å². The van der Waals surface area contributed by atoms with Crippen LogP contribution in [-0.2, 0) is 15.0 Å². The van der Waals surface area contributed by atoms with Crippen molar-refractivity contribution in [3.63, 3.8) is 0 Å². The first kappa shape index (κ1) is 23.4. The van der Waals surface area contributed by atoms with Crippen LogP contribution in [0.3, 0.4) is 0 Å². The van der Waals surface area contributed by atoms with Crippen molar-refractivity contribution < 1.29 is 9.59 Å². The molecule has 1 fully saturated rings. The van der Waals surface area contributed by atoms with E-state index in [0.717, 1.165) is 33.0 Å². The number of imide groups is 1. The van der Waals surface area contributed by atoms with E-state index in [1.54, 1.807) is 6.07 Å². The van der Waals surface area contributed by atoms with Crippen LogP contribution in [0, 0.1) is 11.8 Å². The Kier molecular flexibility index (Phi) is 4.95. The molecule has 0 aromatic heterocycles. The number of nitrogens with zero attached hydrogens (tertiary/aromatic N) is 2. The van der Waals surface area contributed by atoms with Crippen LogP contribution in [0.15, 0.2) is 120 Å². The summed E-state index contributed by atoms with van der Waals surface area (Å²) in [6, 6.07) is 37.5. The number of anilines is 1. The van der Waals surface area contributed by atoms with Gasteiger partial charge in [-0.25, -0.2) is 4.90 Å². The molecule has 40 heavy (non-hydrogen) atoms. The van der Waals surface area contributed by atoms with Gasteiger partial charge in [-0.15, -0.1) is 0 Å². The molecular weight excluding hydrogens is 516 g/mol. The minimum absolute atomic E-state index is 0.157. The van der Waals surface area contributed by atoms with Gasteiger partial charge < -0.3 is 0 Å². The van der Waals surface area contributed by atoms with Crippen LogP contribution in [0.5, 0.6) is 0 Å². The van der Waals surface area contributed by atoms with E-state index in [1.807, 2.05) is 91.1 Å². The van der Waals surface area contributed by atoms with Crippen LogP contribution < -0.4 is 4.90 Å². The van der Waals surface area contributed by atoms with Crippen molar-refractivity contribution in [2.75, 3.05) is 4.90 Å². The van der Waals surface area contributed by atoms with Crippen LogP contribution in [0.4, 0.5) is 11.4 Å². The van der Waals surface area contributed by atoms with Crippen molar-refractivity contribution in [2.24, 2.45) is 16.8 Å². The maximum Gasteiger partial charge on any atom is 0.239 e. The molecular formula is C35H23ClN2O2. The number of amides is 2. The first-order chi connectivity index (χ1) is 19.6. The molecule has 4 aliphatic rings. The lowest BCUT2D eigenvalue weighted by atomic mass is 9.47. The zero-order chi connectivity index (χ0) is 27.0. The summed E-state index contributed by atoms with van der Waals surface area (Å²) in [6.45, 7) is 0. The Morgan fingerprint density at radius 1 is 0.700 bits per heavy atom. The number of hydrogen-bond acceptors (Lipinski definition) is 3. The molecule has 2 bridgehead atoms. The highest BCUT2D eigenvalue weighted by Gasteiger charge is 2.68. The number of carbonyl (C=O) groups is 2. The summed E-state index contributed by atoms with van der Waals surface area (Å²) in [7, 11) is 0. The Labute approximate surface area is 236 Å². The molecule has 9 rings (SSSR count). The van der Waals surface area contributed by atoms with Gasteiger partial charge in [-0.05, 0) is 45.8 Å². The highest BCUT2D eigenvalue weighted by Crippen LogP contribution is 2.64. The lowest BCUT2D eigenvalue weighted by Gasteiger charge is -2.52. The van der Waals surface area contributed by atoms with Crippen molar-refractivity contribution in [1.29, 1.82) is 0 Å². The van der Waals surface area contributed by atoms with Gasteiger partial charge in [0.25, 0.3) is 0 Å². The van der Waals surface area contributed by atoms with Gasteiger partial charge in [0.05, 0.1) is 33.6 Å². The number of para-hydroxylation sites is 1. The standard InChI is InChI=1S/C35H23ClN2O2/c36-27-17-7-8-18-28(27)37-20-35-25-15-5-3-13-23(25)30(24-14-4-6-16-26(24)35)31-32(35)34(40)38(33(31)39)29-19-9-11-21-10-1-2-12-22(21)29/h1-20,30-32H/t30?,31-,32-,35?/m1/s1. The lowest BCUT2D eigenvalue weighted by Crippen LogP contribution is -2.54. The highest BCUT2D eigenvalue weighted by molar-refractivity contribution is 6.33. The van der Waals surface area contributed by atoms with Crippen LogP contribution in [0.2, 0.25) is 5.02 Å². The number of fused-ring (bicyclic) bond motifs is 1. The summed E-state index contributed by atoms with van der Waals surface area (Å²) >= 11 is 6.52. The van der Waals surface area contributed by atoms with Gasteiger partial charge in [0.2, 0.25) is 11.8 Å². The normalized spacial score (nSPS) is 24.4. The summed E-state index contributed by atoms with van der Waals surface area (Å²) < 4.78 is 0. The molecule has 0 radical (unpaired) electrons. The second-order valence-corrected chi connectivity index (χ2v) is 11.2. The van der Waals surface area contributed by atoms with E-state index in [4.69, 9.17) is 16.6 Å². The smallest absolute Gasteiger partial charge is 0.239 e. The molecule has 0 spiro atoms. The molecule has 0 N–H and O–H groups in total. The molecule has 0 saturated carbocycles. The summed E-state index contributed by atoms with van der Waals surface area (Å²) in [4.78, 5) is 35.6. The zero-order valence-electron chi connectivity index (χ0n) is 21.4. The number of benzene rings is 5. The largest absolute Gasteiger partial charge is 0.274 e. The maximum atomic E-state index is 14.7. The zero-order valence-corrected chi connectivity index (χ0v) is 22.1. The minimum atomic E-state index is -0.933. The second kappa shape index (κ2) is 8.48. The van der Waals surface area contributed by atoms with Crippen molar-refractivity contribution in [3.05, 3.63) is 143 Å². The van der Waals surface area contributed by atoms with Gasteiger partial charge in [0.1, 0.15) is 0 Å². The SMILES string of the molecule is O=C1[C@@H]2C3c4ccccc4C(C=Nc4ccccc4Cl)(c4ccccc43)[C@H]2C(=O)N1c1cccc2ccccc12. The van der Waals surface area contributed by atoms with E-state index in [0.29, 0.717) is 16.4 Å². The topological polar surface area (TPSA) is 49.7 Å². The molecule has 4 nitrogen and oxygen atoms in total. The molecule has 192 valence electrons. The van der Waals surface area contributed by atoms with Gasteiger partial charge in [0, 0.05) is 17.5 Å². The van der Waals surface area contributed by atoms with Gasteiger partial charge in [-0.2, -0.15) is 0 Å². The molecule has 3 aliphatic carbocycles. The third-order valence-corrected chi connectivity index (χ3v) is 9.27. The Hall–Kier alpha value is -4.54. The first-order valence-electron chi connectivity index (χ1n) is 13.5. The van der Waals surface area contributed by atoms with Crippen molar-refractivity contribution >= 4 is 51.8 Å². The minimum Gasteiger partial charge on any atom is -0.274 e. The fourth-order valence-corrected chi connectivity index (χ4v) is 7.60. The van der Waals surface area contributed by atoms with Crippen molar-refractivity contribution in [1.82, 2.24) is 0 Å². The van der Waals surface area contributed by atoms with Crippen LogP contribution in [-0.4, -0.2) is 18.0 Å². The third-order valence-electron chi connectivity index (χ3n) is 8.95. The predicted octanol–water partition coefficient (Wildman–Crippen LogP) is 7.45. The monoisotopic (exact) mass is 538 g/mol. The van der Waals surface area contributed by atoms with Gasteiger partial charge >= 0.3 is 0 Å². The molecule has 5 heteroatoms. The van der Waals surface area contributed by atoms with E-state index in [-0.39, 0.29) is 17.7 Å². The molecule has 5 aromatic carbocycles. The molecule has 5 aromatic rings. The van der Waals surface area contributed by atoms with E-state index < -0.39 is 17.3 Å². The van der Waals surface area contributed by atoms with Crippen molar-refractivity contribution in [3.8, 4) is 0 Å². The van der Waals surface area contributed by atoms with E-state index in [9.17, 15) is 9.59 Å². The summed E-state index contributed by atoms with van der Waals surface area (Å²) in [5.74, 6) is -1.75. The lowest BCUT2D eigenvalue weighted by molar-refractivity contribution is -0.122. The van der Waals surface area contributed by atoms with E-state index in [1.165, 1.54) is 4.90 Å². The Morgan fingerprint density at radius 3 is 2.08 bits per heavy atom. The number of halogens is 1. The Morgan fingerprint density at radius 2 is 1.32 bits per heavy atom. The average molecular weight is 539 g/mol. The molecule has 2 atom stereocenters. The van der Waals surface area contributed by atoms with Crippen LogP contribution in [0.25, 0.3) is 10.8 Å². The van der Waals surface area contributed by atoms with Gasteiger partial charge in [-0.1, -0.05) is 109 Å².